The second-order valence-electron chi connectivity index (χ2n) is 7.34. The fourth-order valence-corrected chi connectivity index (χ4v) is 9.12. The van der Waals surface area contributed by atoms with Crippen molar-refractivity contribution >= 4 is 19.6 Å². The molecule has 0 aromatic carbocycles. The minimum absolute atomic E-state index is 0.376. The van der Waals surface area contributed by atoms with E-state index in [0.29, 0.717) is 0 Å². The van der Waals surface area contributed by atoms with E-state index in [-0.39, 0.29) is 16.8 Å². The summed E-state index contributed by atoms with van der Waals surface area (Å²) in [5.41, 5.74) is -1.13. The van der Waals surface area contributed by atoms with Crippen molar-refractivity contribution in [2.75, 3.05) is 0 Å². The molecule has 18 heavy (non-hydrogen) atoms. The van der Waals surface area contributed by atoms with Crippen molar-refractivity contribution in [2.24, 2.45) is 0 Å². The van der Waals surface area contributed by atoms with Crippen LogP contribution in [0.2, 0.25) is 0 Å². The predicted octanol–water partition coefficient (Wildman–Crippen LogP) is 3.54. The molecule has 0 fully saturated rings. The van der Waals surface area contributed by atoms with Gasteiger partial charge in [0.25, 0.3) is 0 Å². The second-order valence-corrected chi connectivity index (χ2v) is 13.1. The molecule has 4 heteroatoms. The van der Waals surface area contributed by atoms with Crippen LogP contribution in [0.25, 0.3) is 0 Å². The van der Waals surface area contributed by atoms with Gasteiger partial charge in [0.1, 0.15) is 0 Å². The Morgan fingerprint density at radius 2 is 0.889 bits per heavy atom. The van der Waals surface area contributed by atoms with E-state index in [1.807, 2.05) is 62.3 Å². The van der Waals surface area contributed by atoms with Crippen LogP contribution in [0.15, 0.2) is 0 Å². The van der Waals surface area contributed by atoms with Gasteiger partial charge in [-0.1, -0.05) is 0 Å². The van der Waals surface area contributed by atoms with Crippen molar-refractivity contribution in [3.8, 4) is 10.4 Å². The van der Waals surface area contributed by atoms with Crippen LogP contribution in [0.1, 0.15) is 62.3 Å². The Morgan fingerprint density at radius 3 is 1.00 bits per heavy atom. The Labute approximate surface area is 118 Å². The zero-order valence-corrected chi connectivity index (χ0v) is 16.2. The average Bonchev–Trinajstić information content (AvgIpc) is 1.93. The van der Waals surface area contributed by atoms with Gasteiger partial charge in [0.05, 0.1) is 0 Å². The van der Waals surface area contributed by atoms with E-state index < -0.39 is 19.6 Å². The Bertz CT molecular complexity index is 269. The Morgan fingerprint density at radius 1 is 0.667 bits per heavy atom. The third kappa shape index (κ3) is 8.36. The minimum atomic E-state index is -4.00. The van der Waals surface area contributed by atoms with Crippen molar-refractivity contribution in [2.45, 2.75) is 79.1 Å². The summed E-state index contributed by atoms with van der Waals surface area (Å²) in [7, 11) is 0. The zero-order valence-electron chi connectivity index (χ0n) is 13.3. The van der Waals surface area contributed by atoms with E-state index in [1.54, 1.807) is 0 Å². The monoisotopic (exact) mass is 364 g/mol. The van der Waals surface area contributed by atoms with Gasteiger partial charge in [-0.3, -0.25) is 0 Å². The van der Waals surface area contributed by atoms with Gasteiger partial charge in [-0.05, 0) is 0 Å². The molecular formula is C14H28O3Sn. The van der Waals surface area contributed by atoms with Crippen LogP contribution >= 0.6 is 0 Å². The molecule has 0 rings (SSSR count). The van der Waals surface area contributed by atoms with Gasteiger partial charge in [-0.25, -0.2) is 0 Å². The summed E-state index contributed by atoms with van der Waals surface area (Å²) < 4.78 is 20.9. The van der Waals surface area contributed by atoms with Crippen molar-refractivity contribution in [3.63, 3.8) is 0 Å². The van der Waals surface area contributed by atoms with Crippen molar-refractivity contribution in [1.29, 1.82) is 0 Å². The summed E-state index contributed by atoms with van der Waals surface area (Å²) >= 11 is -4.00. The van der Waals surface area contributed by atoms with Gasteiger partial charge >= 0.3 is 118 Å². The van der Waals surface area contributed by atoms with Gasteiger partial charge in [0.15, 0.2) is 0 Å². The third-order valence-electron chi connectivity index (χ3n) is 1.50. The molecule has 0 aliphatic rings. The fraction of sp³-hybridized carbons (Fsp3) is 0.857. The van der Waals surface area contributed by atoms with Gasteiger partial charge in [0, 0.05) is 0 Å². The molecule has 0 amide bonds. The first-order valence-corrected chi connectivity index (χ1v) is 11.2. The van der Waals surface area contributed by atoms with Crippen LogP contribution in [-0.4, -0.2) is 36.4 Å². The first kappa shape index (κ1) is 18.2. The van der Waals surface area contributed by atoms with Crippen molar-refractivity contribution < 1.29 is 9.22 Å². The van der Waals surface area contributed by atoms with Crippen LogP contribution in [-0.2, 0) is 9.22 Å². The van der Waals surface area contributed by atoms with Gasteiger partial charge < -0.3 is 0 Å². The first-order chi connectivity index (χ1) is 7.68. The number of rotatable bonds is 3. The molecule has 0 unspecified atom stereocenters. The molecule has 0 N–H and O–H groups in total. The van der Waals surface area contributed by atoms with Gasteiger partial charge in [0.2, 0.25) is 0 Å². The molecule has 0 saturated carbocycles. The van der Waals surface area contributed by atoms with E-state index in [4.69, 9.17) is 15.6 Å². The van der Waals surface area contributed by atoms with E-state index in [2.05, 4.69) is 3.94 Å². The summed E-state index contributed by atoms with van der Waals surface area (Å²) in [5.74, 6) is 0. The van der Waals surface area contributed by atoms with Gasteiger partial charge in [-0.15, -0.1) is 0 Å². The topological polar surface area (TPSA) is 27.7 Å². The van der Waals surface area contributed by atoms with Crippen LogP contribution in [0.4, 0.5) is 0 Å². The van der Waals surface area contributed by atoms with Crippen molar-refractivity contribution in [1.82, 2.24) is 0 Å². The number of terminal acetylenes is 1. The standard InChI is InChI=1S/3C4H9O.C2H.Sn/c3*1-4(2,3)5;1-2;/h3*1-3H3;1H;/q3*-1;;+3. The number of hydrogen-bond donors (Lipinski definition) is 0. The summed E-state index contributed by atoms with van der Waals surface area (Å²) in [6, 6.07) is 0. The summed E-state index contributed by atoms with van der Waals surface area (Å²) in [6.07, 6.45) is 5.70. The normalized spacial score (nSPS) is 14.4. The quantitative estimate of drug-likeness (QED) is 0.567. The molecule has 0 spiro atoms. The molecule has 0 aliphatic heterocycles. The summed E-state index contributed by atoms with van der Waals surface area (Å²) in [4.78, 5) is 0. The SMILES string of the molecule is C#[C][Sn]([O]C(C)(C)C)([O]C(C)(C)C)[O]C(C)(C)C. The maximum absolute atomic E-state index is 6.06. The Kier molecular flexibility index (Phi) is 5.78. The Balaban J connectivity index is 5.29. The Hall–Kier alpha value is 0.239. The van der Waals surface area contributed by atoms with E-state index in [9.17, 15) is 0 Å². The molecule has 106 valence electrons. The third-order valence-corrected chi connectivity index (χ3v) is 10.1. The zero-order chi connectivity index (χ0) is 14.8. The second kappa shape index (κ2) is 5.70. The molecule has 0 heterocycles. The molecular weight excluding hydrogens is 335 g/mol. The van der Waals surface area contributed by atoms with Crippen LogP contribution in [0, 0.1) is 10.4 Å². The summed E-state index contributed by atoms with van der Waals surface area (Å²) in [5, 5.41) is 0. The van der Waals surface area contributed by atoms with E-state index >= 15 is 0 Å². The molecule has 0 atom stereocenters. The van der Waals surface area contributed by atoms with Crippen molar-refractivity contribution in [3.05, 3.63) is 0 Å². The average molecular weight is 363 g/mol. The van der Waals surface area contributed by atoms with E-state index in [0.717, 1.165) is 0 Å². The molecule has 0 aromatic rings. The molecule has 0 saturated heterocycles. The van der Waals surface area contributed by atoms with Crippen LogP contribution in [0.5, 0.6) is 0 Å². The number of hydrogen-bond acceptors (Lipinski definition) is 3. The predicted molar refractivity (Wildman–Crippen MR) is 77.1 cm³/mol. The fourth-order valence-electron chi connectivity index (χ4n) is 1.36. The van der Waals surface area contributed by atoms with Gasteiger partial charge in [-0.2, -0.15) is 0 Å². The van der Waals surface area contributed by atoms with Crippen LogP contribution < -0.4 is 0 Å². The van der Waals surface area contributed by atoms with E-state index in [1.165, 1.54) is 0 Å². The molecule has 3 nitrogen and oxygen atoms in total. The molecule has 0 bridgehead atoms. The summed E-state index contributed by atoms with van der Waals surface area (Å²) in [6.45, 7) is 17.7. The molecule has 0 aromatic heterocycles. The first-order valence-electron chi connectivity index (χ1n) is 6.26. The maximum atomic E-state index is 6.06. The molecule has 0 radical (unpaired) electrons. The molecule has 0 aliphatic carbocycles. The van der Waals surface area contributed by atoms with Crippen LogP contribution in [0.3, 0.4) is 0 Å².